The molecule has 1 aliphatic rings. The maximum absolute atomic E-state index is 5.57. The summed E-state index contributed by atoms with van der Waals surface area (Å²) in [5, 5.41) is 0. The minimum atomic E-state index is 0.731. The molecule has 0 heterocycles. The highest BCUT2D eigenvalue weighted by Gasteiger charge is 2.16. The molecule has 0 bridgehead atoms. The van der Waals surface area contributed by atoms with Crippen molar-refractivity contribution in [1.82, 2.24) is 0 Å². The molecule has 2 nitrogen and oxygen atoms in total. The molecule has 0 atom stereocenters. The fraction of sp³-hybridized carbons (Fsp3) is 0.625. The van der Waals surface area contributed by atoms with Crippen LogP contribution in [0, 0.1) is 12.0 Å². The Morgan fingerprint density at radius 1 is 1.06 bits per heavy atom. The highest BCUT2D eigenvalue weighted by atomic mass is 16.5. The number of ether oxygens (including phenoxy) is 2. The first kappa shape index (κ1) is 13.6. The van der Waals surface area contributed by atoms with E-state index < -0.39 is 0 Å². The average molecular weight is 247 g/mol. The molecule has 99 valence electrons. The molecule has 18 heavy (non-hydrogen) atoms. The largest absolute Gasteiger partial charge is 0.379 e. The minimum Gasteiger partial charge on any atom is -0.379 e. The van der Waals surface area contributed by atoms with Gasteiger partial charge in [0, 0.05) is 13.2 Å². The molecule has 1 aromatic carbocycles. The van der Waals surface area contributed by atoms with Crippen molar-refractivity contribution in [2.75, 3.05) is 26.4 Å². The average Bonchev–Trinajstić information content (AvgIpc) is 2.36. The first-order chi connectivity index (χ1) is 8.95. The number of hydrogen-bond donors (Lipinski definition) is 0. The third kappa shape index (κ3) is 5.19. The lowest BCUT2D eigenvalue weighted by Gasteiger charge is -2.24. The van der Waals surface area contributed by atoms with E-state index >= 15 is 0 Å². The summed E-state index contributed by atoms with van der Waals surface area (Å²) in [5.41, 5.74) is 1.36. The van der Waals surface area contributed by atoms with Gasteiger partial charge in [-0.1, -0.05) is 30.7 Å². The van der Waals surface area contributed by atoms with Crippen molar-refractivity contribution in [1.29, 1.82) is 0 Å². The quantitative estimate of drug-likeness (QED) is 0.624. The van der Waals surface area contributed by atoms with Gasteiger partial charge in [0.15, 0.2) is 0 Å². The van der Waals surface area contributed by atoms with Crippen molar-refractivity contribution in [2.45, 2.75) is 32.1 Å². The summed E-state index contributed by atoms with van der Waals surface area (Å²) >= 11 is 0. The maximum Gasteiger partial charge on any atom is 0.0700 e. The van der Waals surface area contributed by atoms with E-state index in [1.54, 1.807) is 0 Å². The van der Waals surface area contributed by atoms with Crippen molar-refractivity contribution in [3.05, 3.63) is 35.9 Å². The number of benzene rings is 1. The van der Waals surface area contributed by atoms with Crippen LogP contribution in [-0.4, -0.2) is 26.4 Å². The van der Waals surface area contributed by atoms with Gasteiger partial charge in [-0.2, -0.15) is 0 Å². The summed E-state index contributed by atoms with van der Waals surface area (Å²) in [5.74, 6) is 0.833. The number of hydrogen-bond acceptors (Lipinski definition) is 2. The van der Waals surface area contributed by atoms with E-state index in [1.807, 2.05) is 12.1 Å². The van der Waals surface area contributed by atoms with Gasteiger partial charge >= 0.3 is 0 Å². The van der Waals surface area contributed by atoms with Gasteiger partial charge in [0.25, 0.3) is 0 Å². The molecular formula is C16H23O2. The Morgan fingerprint density at radius 2 is 1.83 bits per heavy atom. The predicted octanol–water partition coefficient (Wildman–Crippen LogP) is 3.25. The van der Waals surface area contributed by atoms with Crippen LogP contribution < -0.4 is 0 Å². The van der Waals surface area contributed by atoms with Crippen LogP contribution in [0.5, 0.6) is 0 Å². The second-order valence-corrected chi connectivity index (χ2v) is 5.00. The first-order valence-corrected chi connectivity index (χ1v) is 7.05. The molecule has 1 aromatic rings. The predicted molar refractivity (Wildman–Crippen MR) is 72.6 cm³/mol. The van der Waals surface area contributed by atoms with Crippen LogP contribution >= 0.6 is 0 Å². The topological polar surface area (TPSA) is 18.5 Å². The fourth-order valence-corrected chi connectivity index (χ4v) is 2.10. The highest BCUT2D eigenvalue weighted by Crippen LogP contribution is 2.26. The van der Waals surface area contributed by atoms with Gasteiger partial charge in [0.2, 0.25) is 0 Å². The lowest BCUT2D eigenvalue weighted by atomic mass is 9.86. The summed E-state index contributed by atoms with van der Waals surface area (Å²) in [6.07, 6.45) is 6.26. The Hall–Kier alpha value is -0.860. The van der Waals surface area contributed by atoms with Crippen molar-refractivity contribution >= 4 is 0 Å². The van der Waals surface area contributed by atoms with E-state index in [0.717, 1.165) is 45.2 Å². The summed E-state index contributed by atoms with van der Waals surface area (Å²) < 4.78 is 11.1. The third-order valence-electron chi connectivity index (χ3n) is 3.49. The summed E-state index contributed by atoms with van der Waals surface area (Å²) in [6, 6.07) is 11.2. The van der Waals surface area contributed by atoms with Gasteiger partial charge in [-0.15, -0.1) is 0 Å². The zero-order chi connectivity index (χ0) is 12.5. The second kappa shape index (κ2) is 8.28. The molecule has 2 rings (SSSR count). The molecule has 0 amide bonds. The summed E-state index contributed by atoms with van der Waals surface area (Å²) in [6.45, 7) is 3.24. The Kier molecular flexibility index (Phi) is 6.24. The van der Waals surface area contributed by atoms with E-state index in [1.165, 1.54) is 24.8 Å². The smallest absolute Gasteiger partial charge is 0.0700 e. The van der Waals surface area contributed by atoms with Gasteiger partial charge in [-0.3, -0.25) is 0 Å². The molecule has 2 heteroatoms. The SMILES string of the molecule is [c]1ccc(CCCOCCOCC2CCC2)cc1. The van der Waals surface area contributed by atoms with Gasteiger partial charge in [-0.05, 0) is 43.2 Å². The first-order valence-electron chi connectivity index (χ1n) is 7.05. The molecule has 0 saturated heterocycles. The van der Waals surface area contributed by atoms with Crippen molar-refractivity contribution in [3.63, 3.8) is 0 Å². The molecule has 1 fully saturated rings. The minimum absolute atomic E-state index is 0.731. The lowest BCUT2D eigenvalue weighted by molar-refractivity contribution is 0.0200. The van der Waals surface area contributed by atoms with Crippen LogP contribution in [0.4, 0.5) is 0 Å². The summed E-state index contributed by atoms with van der Waals surface area (Å²) in [4.78, 5) is 0. The maximum atomic E-state index is 5.57. The van der Waals surface area contributed by atoms with Crippen LogP contribution in [0.15, 0.2) is 24.3 Å². The Bertz CT molecular complexity index is 306. The van der Waals surface area contributed by atoms with Gasteiger partial charge in [0.1, 0.15) is 0 Å². The zero-order valence-electron chi connectivity index (χ0n) is 11.1. The van der Waals surface area contributed by atoms with E-state index in [9.17, 15) is 0 Å². The molecule has 1 aliphatic carbocycles. The van der Waals surface area contributed by atoms with Crippen molar-refractivity contribution in [2.24, 2.45) is 5.92 Å². The molecule has 0 spiro atoms. The Balaban J connectivity index is 1.37. The number of aryl methyl sites for hydroxylation is 1. The highest BCUT2D eigenvalue weighted by molar-refractivity contribution is 5.13. The normalized spacial score (nSPS) is 15.6. The van der Waals surface area contributed by atoms with Gasteiger partial charge < -0.3 is 9.47 Å². The van der Waals surface area contributed by atoms with Crippen molar-refractivity contribution in [3.8, 4) is 0 Å². The van der Waals surface area contributed by atoms with Crippen LogP contribution in [-0.2, 0) is 15.9 Å². The van der Waals surface area contributed by atoms with E-state index in [0.29, 0.717) is 0 Å². The van der Waals surface area contributed by atoms with Crippen molar-refractivity contribution < 1.29 is 9.47 Å². The number of rotatable bonds is 9. The third-order valence-corrected chi connectivity index (χ3v) is 3.49. The molecule has 1 radical (unpaired) electrons. The zero-order valence-corrected chi connectivity index (χ0v) is 11.1. The Labute approximate surface area is 110 Å². The van der Waals surface area contributed by atoms with Crippen LogP contribution in [0.25, 0.3) is 0 Å². The van der Waals surface area contributed by atoms with Crippen LogP contribution in [0.2, 0.25) is 0 Å². The molecule has 0 aliphatic heterocycles. The van der Waals surface area contributed by atoms with Crippen LogP contribution in [0.1, 0.15) is 31.2 Å². The lowest BCUT2D eigenvalue weighted by Crippen LogP contribution is -2.19. The van der Waals surface area contributed by atoms with E-state index in [2.05, 4.69) is 18.2 Å². The fourth-order valence-electron chi connectivity index (χ4n) is 2.10. The molecule has 0 aromatic heterocycles. The molecular weight excluding hydrogens is 224 g/mol. The molecule has 0 unspecified atom stereocenters. The summed E-state index contributed by atoms with van der Waals surface area (Å²) in [7, 11) is 0. The van der Waals surface area contributed by atoms with E-state index in [-0.39, 0.29) is 0 Å². The standard InChI is InChI=1S/C16H23O2/c1-2-6-15(7-3-1)10-5-11-17-12-13-18-14-16-8-4-9-16/h2-3,6-7,16H,4-5,8-14H2. The second-order valence-electron chi connectivity index (χ2n) is 5.00. The Morgan fingerprint density at radius 3 is 2.56 bits per heavy atom. The monoisotopic (exact) mass is 247 g/mol. The van der Waals surface area contributed by atoms with Gasteiger partial charge in [0.05, 0.1) is 13.2 Å². The van der Waals surface area contributed by atoms with Gasteiger partial charge in [-0.25, -0.2) is 0 Å². The van der Waals surface area contributed by atoms with Crippen LogP contribution in [0.3, 0.4) is 0 Å². The molecule has 0 N–H and O–H groups in total. The van der Waals surface area contributed by atoms with E-state index in [4.69, 9.17) is 9.47 Å². The molecule has 1 saturated carbocycles.